The number of quaternary nitrogens is 2. The van der Waals surface area contributed by atoms with Gasteiger partial charge in [0.15, 0.2) is 16.7 Å². The minimum Gasteiger partial charge on any atom is -0.602 e. The maximum atomic E-state index is 11.1. The highest BCUT2D eigenvalue weighted by Gasteiger charge is 2.34. The number of nitrogens with one attached hydrogen (secondary N) is 2. The molecule has 0 saturated heterocycles. The molecule has 2 N–H and O–H groups in total. The zero-order valence-corrected chi connectivity index (χ0v) is 6.67. The van der Waals surface area contributed by atoms with Crippen molar-refractivity contribution in [1.82, 2.24) is 5.28 Å². The number of hydrogen-bond donors (Lipinski definition) is 2. The minimum atomic E-state index is -0.366. The van der Waals surface area contributed by atoms with Gasteiger partial charge in [0.05, 0.1) is 7.11 Å². The van der Waals surface area contributed by atoms with Gasteiger partial charge in [0, 0.05) is 13.8 Å². The molecule has 1 rings (SSSR count). The van der Waals surface area contributed by atoms with Crippen molar-refractivity contribution in [2.24, 2.45) is 0 Å². The molecule has 6 nitrogen and oxygen atoms in total. The Labute approximate surface area is 64.3 Å². The molecule has 1 heterocycles. The molecule has 0 radical (unpaired) electrons. The third kappa shape index (κ3) is 1.16. The Morgan fingerprint density at radius 3 is 1.73 bits per heavy atom. The summed E-state index contributed by atoms with van der Waals surface area (Å²) < 4.78 is 0. The van der Waals surface area contributed by atoms with Gasteiger partial charge in [-0.3, -0.25) is 0 Å². The maximum Gasteiger partial charge on any atom is 0.189 e. The van der Waals surface area contributed by atoms with E-state index in [1.165, 1.54) is 7.11 Å². The van der Waals surface area contributed by atoms with Crippen LogP contribution in [-0.2, 0) is 4.84 Å². The van der Waals surface area contributed by atoms with Crippen molar-refractivity contribution in [2.75, 3.05) is 7.11 Å². The van der Waals surface area contributed by atoms with Crippen LogP contribution in [0.2, 0.25) is 0 Å². The van der Waals surface area contributed by atoms with Crippen molar-refractivity contribution >= 4 is 0 Å². The minimum absolute atomic E-state index is 0.366. The summed E-state index contributed by atoms with van der Waals surface area (Å²) in [4.78, 5) is 4.57. The van der Waals surface area contributed by atoms with Crippen molar-refractivity contribution < 1.29 is 15.2 Å². The van der Waals surface area contributed by atoms with Gasteiger partial charge in [0.25, 0.3) is 0 Å². The standard InChI is InChI=1S/C5H11N3O3/c1-4-5(2)7(10)8(11-3)6(4)9/h6-7H,1-3H3. The van der Waals surface area contributed by atoms with Gasteiger partial charge in [-0.1, -0.05) is 0 Å². The number of hydrogen-bond acceptors (Lipinski definition) is 4. The monoisotopic (exact) mass is 161 g/mol. The van der Waals surface area contributed by atoms with E-state index < -0.39 is 0 Å². The SMILES string of the molecule is CON1[NH+]([O-])C(C)=C(C)[NH+]1[O-]. The van der Waals surface area contributed by atoms with E-state index in [-0.39, 0.29) is 10.3 Å². The van der Waals surface area contributed by atoms with Gasteiger partial charge >= 0.3 is 0 Å². The van der Waals surface area contributed by atoms with Crippen LogP contribution in [0.1, 0.15) is 13.8 Å². The molecule has 11 heavy (non-hydrogen) atoms. The van der Waals surface area contributed by atoms with Crippen LogP contribution in [0.5, 0.6) is 0 Å². The van der Waals surface area contributed by atoms with Gasteiger partial charge in [-0.2, -0.15) is 10.3 Å². The lowest BCUT2D eigenvalue weighted by molar-refractivity contribution is -1.20. The normalized spacial score (nSPS) is 33.5. The van der Waals surface area contributed by atoms with Crippen LogP contribution in [0.3, 0.4) is 0 Å². The Morgan fingerprint density at radius 2 is 1.55 bits per heavy atom. The first-order valence-corrected chi connectivity index (χ1v) is 3.20. The van der Waals surface area contributed by atoms with Gasteiger partial charge in [-0.15, -0.1) is 0 Å². The number of rotatable bonds is 1. The van der Waals surface area contributed by atoms with Gasteiger partial charge in [-0.05, 0) is 0 Å². The van der Waals surface area contributed by atoms with Crippen LogP contribution < -0.4 is 10.3 Å². The number of hydroxylamine groups is 2. The van der Waals surface area contributed by atoms with Crippen molar-refractivity contribution in [1.29, 1.82) is 0 Å². The van der Waals surface area contributed by atoms with Crippen LogP contribution in [-0.4, -0.2) is 12.4 Å². The third-order valence-electron chi connectivity index (χ3n) is 1.76. The average molecular weight is 161 g/mol. The van der Waals surface area contributed by atoms with Crippen LogP contribution in [0, 0.1) is 10.4 Å². The molecule has 0 aromatic heterocycles. The molecule has 1 aliphatic rings. The molecule has 0 aromatic carbocycles. The summed E-state index contributed by atoms with van der Waals surface area (Å²) in [5, 5.41) is 22.2. The quantitative estimate of drug-likeness (QED) is 0.425. The lowest BCUT2D eigenvalue weighted by Crippen LogP contribution is -3.28. The summed E-state index contributed by atoms with van der Waals surface area (Å²) in [7, 11) is 1.29. The van der Waals surface area contributed by atoms with Gasteiger partial charge in [0.2, 0.25) is 0 Å². The van der Waals surface area contributed by atoms with E-state index in [0.717, 1.165) is 5.28 Å². The fourth-order valence-corrected chi connectivity index (χ4v) is 0.883. The van der Waals surface area contributed by atoms with E-state index in [9.17, 15) is 10.4 Å². The van der Waals surface area contributed by atoms with Crippen molar-refractivity contribution in [3.8, 4) is 0 Å². The Kier molecular flexibility index (Phi) is 2.23. The van der Waals surface area contributed by atoms with Crippen LogP contribution >= 0.6 is 0 Å². The number of nitrogens with zero attached hydrogens (tertiary/aromatic N) is 1. The van der Waals surface area contributed by atoms with Crippen LogP contribution in [0.25, 0.3) is 0 Å². The first kappa shape index (κ1) is 8.60. The van der Waals surface area contributed by atoms with Crippen LogP contribution in [0.4, 0.5) is 0 Å². The predicted octanol–water partition coefficient (Wildman–Crippen LogP) is -2.29. The average Bonchev–Trinajstić information content (AvgIpc) is 2.17. The van der Waals surface area contributed by atoms with Crippen molar-refractivity contribution in [2.45, 2.75) is 13.8 Å². The third-order valence-corrected chi connectivity index (χ3v) is 1.76. The first-order valence-electron chi connectivity index (χ1n) is 3.20. The molecule has 0 aliphatic carbocycles. The van der Waals surface area contributed by atoms with E-state index in [2.05, 4.69) is 4.84 Å². The number of allylic oxidation sites excluding steroid dienone is 2. The largest absolute Gasteiger partial charge is 0.602 e. The molecule has 0 bridgehead atoms. The smallest absolute Gasteiger partial charge is 0.189 e. The summed E-state index contributed by atoms with van der Waals surface area (Å²) in [6.07, 6.45) is 0. The Bertz CT molecular complexity index is 175. The molecule has 64 valence electrons. The van der Waals surface area contributed by atoms with E-state index >= 15 is 0 Å². The topological polar surface area (TPSA) is 67.5 Å². The molecule has 0 fully saturated rings. The molecular weight excluding hydrogens is 150 g/mol. The maximum absolute atomic E-state index is 11.1. The molecule has 0 amide bonds. The van der Waals surface area contributed by atoms with E-state index in [1.807, 2.05) is 0 Å². The van der Waals surface area contributed by atoms with Gasteiger partial charge in [0.1, 0.15) is 0 Å². The lowest BCUT2D eigenvalue weighted by atomic mass is 10.4. The van der Waals surface area contributed by atoms with Gasteiger partial charge < -0.3 is 10.4 Å². The highest BCUT2D eigenvalue weighted by molar-refractivity contribution is 4.92. The molecule has 2 unspecified atom stereocenters. The molecule has 1 aliphatic heterocycles. The van der Waals surface area contributed by atoms with Crippen LogP contribution in [0.15, 0.2) is 11.4 Å². The Morgan fingerprint density at radius 1 is 1.18 bits per heavy atom. The zero-order chi connectivity index (χ0) is 8.59. The molecule has 0 aromatic rings. The summed E-state index contributed by atoms with van der Waals surface area (Å²) in [6.45, 7) is 3.21. The second-order valence-corrected chi connectivity index (χ2v) is 2.34. The molecule has 2 atom stereocenters. The zero-order valence-electron chi connectivity index (χ0n) is 6.67. The Hall–Kier alpha value is -0.500. The van der Waals surface area contributed by atoms with E-state index in [4.69, 9.17) is 0 Å². The predicted molar refractivity (Wildman–Crippen MR) is 35.9 cm³/mol. The summed E-state index contributed by atoms with van der Waals surface area (Å²) in [5.74, 6) is 0. The first-order chi connectivity index (χ1) is 5.09. The second kappa shape index (κ2) is 2.86. The van der Waals surface area contributed by atoms with E-state index in [1.54, 1.807) is 13.8 Å². The Balaban J connectivity index is 2.83. The van der Waals surface area contributed by atoms with Gasteiger partial charge in [-0.25, -0.2) is 4.84 Å². The highest BCUT2D eigenvalue weighted by atomic mass is 16.9. The fraction of sp³-hybridized carbons (Fsp3) is 0.600. The van der Waals surface area contributed by atoms with E-state index in [0.29, 0.717) is 11.4 Å². The molecular formula is C5H11N3O3. The highest BCUT2D eigenvalue weighted by Crippen LogP contribution is 1.92. The molecule has 0 saturated carbocycles. The van der Waals surface area contributed by atoms with Crippen molar-refractivity contribution in [3.63, 3.8) is 0 Å². The summed E-state index contributed by atoms with van der Waals surface area (Å²) in [5.41, 5.74) is 0.911. The second-order valence-electron chi connectivity index (χ2n) is 2.34. The summed E-state index contributed by atoms with van der Waals surface area (Å²) >= 11 is 0. The molecule has 0 spiro atoms. The lowest BCUT2D eigenvalue weighted by Gasteiger charge is -2.26. The van der Waals surface area contributed by atoms with Crippen molar-refractivity contribution in [3.05, 3.63) is 21.8 Å². The molecule has 6 heteroatoms. The summed E-state index contributed by atoms with van der Waals surface area (Å²) in [6, 6.07) is 0. The fourth-order valence-electron chi connectivity index (χ4n) is 0.883.